The number of rotatable bonds is 5. The van der Waals surface area contributed by atoms with Crippen LogP contribution in [0.3, 0.4) is 0 Å². The van der Waals surface area contributed by atoms with Gasteiger partial charge in [-0.15, -0.1) is 0 Å². The van der Waals surface area contributed by atoms with Crippen molar-refractivity contribution in [2.24, 2.45) is 0 Å². The first-order valence-electron chi connectivity index (χ1n) is 10.4. The molecule has 158 valence electrons. The Hall–Kier alpha value is -3.74. The predicted octanol–water partition coefficient (Wildman–Crippen LogP) is 2.33. The van der Waals surface area contributed by atoms with Gasteiger partial charge in [0.25, 0.3) is 17.4 Å². The second-order valence-corrected chi connectivity index (χ2v) is 7.61. The van der Waals surface area contributed by atoms with Crippen LogP contribution in [-0.4, -0.2) is 45.6 Å². The Morgan fingerprint density at radius 2 is 1.55 bits per heavy atom. The summed E-state index contributed by atoms with van der Waals surface area (Å²) >= 11 is 0. The van der Waals surface area contributed by atoms with E-state index in [-0.39, 0.29) is 29.1 Å². The van der Waals surface area contributed by atoms with Crippen LogP contribution in [0.15, 0.2) is 77.6 Å². The van der Waals surface area contributed by atoms with Crippen LogP contribution in [0.25, 0.3) is 0 Å². The van der Waals surface area contributed by atoms with Gasteiger partial charge in [0.2, 0.25) is 0 Å². The summed E-state index contributed by atoms with van der Waals surface area (Å²) in [5, 5.41) is 7.33. The highest BCUT2D eigenvalue weighted by Gasteiger charge is 2.26. The highest BCUT2D eigenvalue weighted by molar-refractivity contribution is 5.94. The molecule has 31 heavy (non-hydrogen) atoms. The molecular weight excluding hydrogens is 392 g/mol. The molecule has 7 nitrogen and oxygen atoms in total. The van der Waals surface area contributed by atoms with Crippen molar-refractivity contribution in [3.8, 4) is 0 Å². The summed E-state index contributed by atoms with van der Waals surface area (Å²) in [5.74, 6) is -0.297. The molecule has 2 aromatic carbocycles. The lowest BCUT2D eigenvalue weighted by Gasteiger charge is -2.32. The Kier molecular flexibility index (Phi) is 6.21. The van der Waals surface area contributed by atoms with E-state index in [0.717, 1.165) is 5.56 Å². The largest absolute Gasteiger partial charge is 0.349 e. The summed E-state index contributed by atoms with van der Waals surface area (Å²) < 4.78 is 1.31. The van der Waals surface area contributed by atoms with E-state index in [4.69, 9.17) is 0 Å². The van der Waals surface area contributed by atoms with Gasteiger partial charge in [-0.05, 0) is 36.6 Å². The highest BCUT2D eigenvalue weighted by Crippen LogP contribution is 2.14. The Morgan fingerprint density at radius 3 is 2.23 bits per heavy atom. The lowest BCUT2D eigenvalue weighted by atomic mass is 10.0. The molecule has 0 bridgehead atoms. The van der Waals surface area contributed by atoms with Crippen molar-refractivity contribution in [3.05, 3.63) is 100.0 Å². The Balaban J connectivity index is 1.37. The van der Waals surface area contributed by atoms with Gasteiger partial charge >= 0.3 is 0 Å². The van der Waals surface area contributed by atoms with E-state index in [1.165, 1.54) is 16.8 Å². The molecule has 1 aliphatic rings. The summed E-state index contributed by atoms with van der Waals surface area (Å²) in [6.07, 6.45) is 1.35. The zero-order valence-electron chi connectivity index (χ0n) is 17.1. The molecule has 1 saturated heterocycles. The number of nitrogens with one attached hydrogen (secondary N) is 1. The number of likely N-dealkylation sites (tertiary alicyclic amines) is 1. The topological polar surface area (TPSA) is 84.3 Å². The minimum atomic E-state index is -0.247. The molecule has 2 amide bonds. The molecule has 0 aliphatic carbocycles. The van der Waals surface area contributed by atoms with E-state index < -0.39 is 0 Å². The molecular formula is C24H24N4O3. The number of hydrogen-bond donors (Lipinski definition) is 1. The average molecular weight is 416 g/mol. The first-order valence-corrected chi connectivity index (χ1v) is 10.4. The number of piperidine rings is 1. The van der Waals surface area contributed by atoms with E-state index in [0.29, 0.717) is 38.0 Å². The van der Waals surface area contributed by atoms with Crippen molar-refractivity contribution in [1.82, 2.24) is 20.0 Å². The third-order valence-corrected chi connectivity index (χ3v) is 5.41. The zero-order chi connectivity index (χ0) is 21.6. The van der Waals surface area contributed by atoms with Gasteiger partial charge in [-0.3, -0.25) is 14.4 Å². The maximum atomic E-state index is 12.9. The molecule has 3 aromatic rings. The number of nitrogens with zero attached hydrogens (tertiary/aromatic N) is 3. The molecule has 0 saturated carbocycles. The van der Waals surface area contributed by atoms with Crippen molar-refractivity contribution in [2.45, 2.75) is 25.4 Å². The van der Waals surface area contributed by atoms with Crippen LogP contribution >= 0.6 is 0 Å². The molecule has 2 heterocycles. The van der Waals surface area contributed by atoms with Gasteiger partial charge in [-0.2, -0.15) is 5.10 Å². The fraction of sp³-hybridized carbons (Fsp3) is 0.250. The number of aromatic nitrogens is 2. The minimum Gasteiger partial charge on any atom is -0.349 e. The van der Waals surface area contributed by atoms with Crippen molar-refractivity contribution in [3.63, 3.8) is 0 Å². The summed E-state index contributed by atoms with van der Waals surface area (Å²) in [7, 11) is 0. The Morgan fingerprint density at radius 1 is 0.903 bits per heavy atom. The lowest BCUT2D eigenvalue weighted by Crippen LogP contribution is -2.47. The van der Waals surface area contributed by atoms with E-state index in [2.05, 4.69) is 10.4 Å². The molecule has 1 aromatic heterocycles. The van der Waals surface area contributed by atoms with E-state index >= 15 is 0 Å². The number of carbonyl (C=O) groups excluding carboxylic acids is 2. The van der Waals surface area contributed by atoms with Crippen LogP contribution in [0.2, 0.25) is 0 Å². The fourth-order valence-corrected chi connectivity index (χ4v) is 3.68. The Bertz CT molecular complexity index is 1100. The average Bonchev–Trinajstić information content (AvgIpc) is 2.82. The molecule has 0 unspecified atom stereocenters. The summed E-state index contributed by atoms with van der Waals surface area (Å²) in [5.41, 5.74) is 1.58. The van der Waals surface area contributed by atoms with Crippen LogP contribution in [0.1, 0.15) is 39.3 Å². The first kappa shape index (κ1) is 20.5. The van der Waals surface area contributed by atoms with E-state index in [9.17, 15) is 14.4 Å². The zero-order valence-corrected chi connectivity index (χ0v) is 17.1. The monoisotopic (exact) mass is 416 g/mol. The maximum Gasteiger partial charge on any atom is 0.274 e. The van der Waals surface area contributed by atoms with Crippen molar-refractivity contribution >= 4 is 11.8 Å². The van der Waals surface area contributed by atoms with Crippen LogP contribution < -0.4 is 10.9 Å². The number of benzene rings is 2. The van der Waals surface area contributed by atoms with Gasteiger partial charge in [0.1, 0.15) is 5.69 Å². The fourth-order valence-electron chi connectivity index (χ4n) is 3.68. The second-order valence-electron chi connectivity index (χ2n) is 7.61. The summed E-state index contributed by atoms with van der Waals surface area (Å²) in [4.78, 5) is 39.2. The molecule has 1 fully saturated rings. The van der Waals surface area contributed by atoms with Gasteiger partial charge in [0.15, 0.2) is 0 Å². The van der Waals surface area contributed by atoms with Crippen LogP contribution in [-0.2, 0) is 6.54 Å². The second kappa shape index (κ2) is 9.38. The van der Waals surface area contributed by atoms with Gasteiger partial charge in [-0.1, -0.05) is 48.5 Å². The maximum absolute atomic E-state index is 12.9. The quantitative estimate of drug-likeness (QED) is 0.692. The number of amides is 2. The van der Waals surface area contributed by atoms with Crippen LogP contribution in [0.5, 0.6) is 0 Å². The number of carbonyl (C=O) groups is 2. The van der Waals surface area contributed by atoms with Gasteiger partial charge in [0, 0.05) is 30.8 Å². The highest BCUT2D eigenvalue weighted by atomic mass is 16.2. The van der Waals surface area contributed by atoms with Crippen molar-refractivity contribution in [1.29, 1.82) is 0 Å². The standard InChI is InChI=1S/C24H24N4O3/c29-22-12-11-21(26-28(22)17-18-7-3-1-4-8-18)24(31)27-15-13-20(14-16-27)25-23(30)19-9-5-2-6-10-19/h1-12,20H,13-17H2,(H,25,30). The molecule has 0 spiro atoms. The van der Waals surface area contributed by atoms with Gasteiger partial charge in [0.05, 0.1) is 6.54 Å². The smallest absolute Gasteiger partial charge is 0.274 e. The lowest BCUT2D eigenvalue weighted by molar-refractivity contribution is 0.0689. The predicted molar refractivity (Wildman–Crippen MR) is 117 cm³/mol. The summed E-state index contributed by atoms with van der Waals surface area (Å²) in [6, 6.07) is 21.5. The van der Waals surface area contributed by atoms with Crippen LogP contribution in [0.4, 0.5) is 0 Å². The van der Waals surface area contributed by atoms with Gasteiger partial charge in [-0.25, -0.2) is 4.68 Å². The summed E-state index contributed by atoms with van der Waals surface area (Å²) in [6.45, 7) is 1.37. The first-order chi connectivity index (χ1) is 15.1. The normalized spacial score (nSPS) is 14.3. The minimum absolute atomic E-state index is 0.0248. The SMILES string of the molecule is O=C(NC1CCN(C(=O)c2ccc(=O)n(Cc3ccccc3)n2)CC1)c1ccccc1. The molecule has 0 atom stereocenters. The number of hydrogen-bond acceptors (Lipinski definition) is 4. The molecule has 7 heteroatoms. The Labute approximate surface area is 180 Å². The van der Waals surface area contributed by atoms with E-state index in [1.54, 1.807) is 17.0 Å². The van der Waals surface area contributed by atoms with Crippen molar-refractivity contribution in [2.75, 3.05) is 13.1 Å². The van der Waals surface area contributed by atoms with Crippen LogP contribution in [0, 0.1) is 0 Å². The van der Waals surface area contributed by atoms with Gasteiger partial charge < -0.3 is 10.2 Å². The van der Waals surface area contributed by atoms with Crippen molar-refractivity contribution < 1.29 is 9.59 Å². The molecule has 1 aliphatic heterocycles. The molecule has 1 N–H and O–H groups in total. The third-order valence-electron chi connectivity index (χ3n) is 5.41. The molecule has 0 radical (unpaired) electrons. The molecule has 4 rings (SSSR count). The van der Waals surface area contributed by atoms with E-state index in [1.807, 2.05) is 48.5 Å². The third kappa shape index (κ3) is 5.06.